The predicted molar refractivity (Wildman–Crippen MR) is 302 cm³/mol. The van der Waals surface area contributed by atoms with Crippen molar-refractivity contribution >= 4 is 17.9 Å². The summed E-state index contributed by atoms with van der Waals surface area (Å²) in [5, 5.41) is 0. The first-order valence-corrected chi connectivity index (χ1v) is 28.9. The van der Waals surface area contributed by atoms with Crippen molar-refractivity contribution in [3.63, 3.8) is 0 Å². The Morgan fingerprint density at radius 1 is 0.300 bits per heavy atom. The average molecular weight is 972 g/mol. The third-order valence-electron chi connectivity index (χ3n) is 12.0. The van der Waals surface area contributed by atoms with Gasteiger partial charge in [-0.1, -0.05) is 233 Å². The van der Waals surface area contributed by atoms with E-state index in [4.69, 9.17) is 14.2 Å². The molecule has 1 unspecified atom stereocenters. The molecule has 6 nitrogen and oxygen atoms in total. The quantitative estimate of drug-likeness (QED) is 0.0199. The molecule has 0 saturated heterocycles. The van der Waals surface area contributed by atoms with Crippen molar-refractivity contribution in [1.82, 2.24) is 0 Å². The number of unbranched alkanes of at least 4 members (excludes halogenated alkanes) is 23. The van der Waals surface area contributed by atoms with Gasteiger partial charge in [-0.15, -0.1) is 0 Å². The van der Waals surface area contributed by atoms with Gasteiger partial charge in [0.25, 0.3) is 0 Å². The van der Waals surface area contributed by atoms with Gasteiger partial charge in [-0.3, -0.25) is 14.4 Å². The van der Waals surface area contributed by atoms with E-state index in [2.05, 4.69) is 130 Å². The van der Waals surface area contributed by atoms with Gasteiger partial charge in [-0.25, -0.2) is 0 Å². The van der Waals surface area contributed by atoms with E-state index >= 15 is 0 Å². The van der Waals surface area contributed by atoms with Crippen molar-refractivity contribution in [3.05, 3.63) is 109 Å². The predicted octanol–water partition coefficient (Wildman–Crippen LogP) is 19.5. The third kappa shape index (κ3) is 55.0. The molecule has 0 aliphatic rings. The first kappa shape index (κ1) is 66.1. The van der Waals surface area contributed by atoms with Crippen LogP contribution < -0.4 is 0 Å². The van der Waals surface area contributed by atoms with Crippen LogP contribution in [0, 0.1) is 0 Å². The molecular weight excluding hydrogens is 865 g/mol. The molecule has 0 aromatic rings. The van der Waals surface area contributed by atoms with E-state index in [9.17, 15) is 14.4 Å². The molecule has 0 aromatic heterocycles. The fraction of sp³-hybridized carbons (Fsp3) is 0.672. The van der Waals surface area contributed by atoms with Crippen molar-refractivity contribution in [3.8, 4) is 0 Å². The molecule has 0 rings (SSSR count). The van der Waals surface area contributed by atoms with Gasteiger partial charge in [0, 0.05) is 19.3 Å². The largest absolute Gasteiger partial charge is 0.462 e. The van der Waals surface area contributed by atoms with Crippen LogP contribution in [-0.4, -0.2) is 37.2 Å². The van der Waals surface area contributed by atoms with Gasteiger partial charge in [0.05, 0.1) is 0 Å². The molecule has 0 radical (unpaired) electrons. The zero-order valence-corrected chi connectivity index (χ0v) is 45.5. The van der Waals surface area contributed by atoms with Gasteiger partial charge in [-0.2, -0.15) is 0 Å². The summed E-state index contributed by atoms with van der Waals surface area (Å²) in [6.07, 6.45) is 78.0. The molecular formula is C64H106O6. The van der Waals surface area contributed by atoms with Crippen LogP contribution in [0.3, 0.4) is 0 Å². The highest BCUT2D eigenvalue weighted by Crippen LogP contribution is 2.13. The molecule has 0 heterocycles. The normalized spacial score (nSPS) is 12.9. The molecule has 0 aliphatic carbocycles. The average Bonchev–Trinajstić information content (AvgIpc) is 3.36. The van der Waals surface area contributed by atoms with E-state index in [0.717, 1.165) is 83.5 Å². The Hall–Kier alpha value is -3.93. The minimum atomic E-state index is -0.836. The number of hydrogen-bond acceptors (Lipinski definition) is 6. The van der Waals surface area contributed by atoms with Gasteiger partial charge >= 0.3 is 17.9 Å². The molecule has 0 amide bonds. The Morgan fingerprint density at radius 3 is 0.971 bits per heavy atom. The Bertz CT molecular complexity index is 1440. The molecule has 0 fully saturated rings. The van der Waals surface area contributed by atoms with Crippen LogP contribution in [0.2, 0.25) is 0 Å². The lowest BCUT2D eigenvalue weighted by molar-refractivity contribution is -0.167. The topological polar surface area (TPSA) is 78.9 Å². The summed E-state index contributed by atoms with van der Waals surface area (Å²) >= 11 is 0. The van der Waals surface area contributed by atoms with Crippen molar-refractivity contribution in [2.75, 3.05) is 13.2 Å². The van der Waals surface area contributed by atoms with Crippen molar-refractivity contribution in [2.24, 2.45) is 0 Å². The van der Waals surface area contributed by atoms with Crippen molar-refractivity contribution in [1.29, 1.82) is 0 Å². The SMILES string of the molecule is CCCCC/C=C\C/C=C\C/C=C\C/C=C\CCCC(=O)OC(COC(=O)CCC/C=C\C/C=C\C/C=C\CCCCCCCC)COC(=O)CCCCCCC/C=C\C=C/CCCCCCCCC. The van der Waals surface area contributed by atoms with Crippen LogP contribution in [0.5, 0.6) is 0 Å². The number of ether oxygens (including phenoxy) is 3. The van der Waals surface area contributed by atoms with E-state index in [1.807, 2.05) is 0 Å². The van der Waals surface area contributed by atoms with Gasteiger partial charge in [0.15, 0.2) is 6.10 Å². The maximum atomic E-state index is 12.8. The number of carbonyl (C=O) groups is 3. The fourth-order valence-corrected chi connectivity index (χ4v) is 7.62. The summed E-state index contributed by atoms with van der Waals surface area (Å²) in [6.45, 7) is 6.50. The van der Waals surface area contributed by atoms with Crippen LogP contribution >= 0.6 is 0 Å². The fourth-order valence-electron chi connectivity index (χ4n) is 7.62. The number of allylic oxidation sites excluding steroid dienone is 18. The number of hydrogen-bond donors (Lipinski definition) is 0. The standard InChI is InChI=1S/C64H106O6/c1-4-7-10-13-16-19-22-25-28-31-34-36-39-42-45-48-51-54-57-63(66)69-60-61(70-64(67)58-55-52-49-46-43-40-37-33-30-27-24-21-18-15-12-9-6-3)59-68-62(65)56-53-50-47-44-41-38-35-32-29-26-23-20-17-14-11-8-5-2/h18,21,26-31,34-38,40,44,46-47,49,61H,4-17,19-20,22-25,32-33,39,41-43,45,48,50-60H2,1-3H3/b21-18-,29-26-,30-27-,31-28-,36-34-,38-35-,40-37-,47-44-,49-46-. The molecule has 0 saturated carbocycles. The van der Waals surface area contributed by atoms with Crippen LogP contribution in [0.1, 0.15) is 258 Å². The van der Waals surface area contributed by atoms with E-state index in [-0.39, 0.29) is 44.0 Å². The second-order valence-corrected chi connectivity index (χ2v) is 18.9. The minimum absolute atomic E-state index is 0.125. The number of esters is 3. The van der Waals surface area contributed by atoms with Crippen LogP contribution in [0.25, 0.3) is 0 Å². The second kappa shape index (κ2) is 57.6. The van der Waals surface area contributed by atoms with E-state index < -0.39 is 6.10 Å². The van der Waals surface area contributed by atoms with Gasteiger partial charge in [-0.05, 0) is 116 Å². The highest BCUT2D eigenvalue weighted by atomic mass is 16.6. The van der Waals surface area contributed by atoms with Gasteiger partial charge in [0.2, 0.25) is 0 Å². The van der Waals surface area contributed by atoms with E-state index in [1.165, 1.54) is 122 Å². The van der Waals surface area contributed by atoms with Gasteiger partial charge < -0.3 is 14.2 Å². The molecule has 0 aromatic carbocycles. The molecule has 0 aliphatic heterocycles. The first-order chi connectivity index (χ1) is 34.5. The summed E-state index contributed by atoms with van der Waals surface area (Å²) < 4.78 is 16.8. The molecule has 1 atom stereocenters. The molecule has 0 spiro atoms. The Labute approximate surface area is 431 Å². The lowest BCUT2D eigenvalue weighted by atomic mass is 10.1. The Balaban J connectivity index is 4.58. The third-order valence-corrected chi connectivity index (χ3v) is 12.0. The molecule has 6 heteroatoms. The van der Waals surface area contributed by atoms with Crippen LogP contribution in [-0.2, 0) is 28.6 Å². The zero-order valence-electron chi connectivity index (χ0n) is 45.5. The lowest BCUT2D eigenvalue weighted by Gasteiger charge is -2.18. The summed E-state index contributed by atoms with van der Waals surface area (Å²) in [5.41, 5.74) is 0. The summed E-state index contributed by atoms with van der Waals surface area (Å²) in [4.78, 5) is 38.1. The monoisotopic (exact) mass is 971 g/mol. The summed E-state index contributed by atoms with van der Waals surface area (Å²) in [5.74, 6) is -1.05. The Kier molecular flexibility index (Phi) is 54.4. The van der Waals surface area contributed by atoms with E-state index in [0.29, 0.717) is 19.3 Å². The smallest absolute Gasteiger partial charge is 0.306 e. The number of carbonyl (C=O) groups excluding carboxylic acids is 3. The maximum absolute atomic E-state index is 12.8. The molecule has 398 valence electrons. The maximum Gasteiger partial charge on any atom is 0.306 e. The van der Waals surface area contributed by atoms with E-state index in [1.54, 1.807) is 0 Å². The summed E-state index contributed by atoms with van der Waals surface area (Å²) in [7, 11) is 0. The molecule has 70 heavy (non-hydrogen) atoms. The zero-order chi connectivity index (χ0) is 50.7. The van der Waals surface area contributed by atoms with Gasteiger partial charge in [0.1, 0.15) is 13.2 Å². The van der Waals surface area contributed by atoms with Crippen molar-refractivity contribution in [2.45, 2.75) is 264 Å². The molecule has 0 bridgehead atoms. The highest BCUT2D eigenvalue weighted by molar-refractivity contribution is 5.71. The second-order valence-electron chi connectivity index (χ2n) is 18.9. The number of rotatable bonds is 51. The minimum Gasteiger partial charge on any atom is -0.462 e. The highest BCUT2D eigenvalue weighted by Gasteiger charge is 2.19. The van der Waals surface area contributed by atoms with Crippen LogP contribution in [0.4, 0.5) is 0 Å². The van der Waals surface area contributed by atoms with Crippen molar-refractivity contribution < 1.29 is 28.6 Å². The first-order valence-electron chi connectivity index (χ1n) is 28.9. The van der Waals surface area contributed by atoms with Crippen LogP contribution in [0.15, 0.2) is 109 Å². The summed E-state index contributed by atoms with van der Waals surface area (Å²) in [6, 6.07) is 0. The lowest BCUT2D eigenvalue weighted by Crippen LogP contribution is -2.30. The molecule has 0 N–H and O–H groups in total. The Morgan fingerprint density at radius 2 is 0.571 bits per heavy atom.